The molecule has 3 nitrogen and oxygen atoms in total. The van der Waals surface area contributed by atoms with Gasteiger partial charge in [-0.1, -0.05) is 20.8 Å². The van der Waals surface area contributed by atoms with Crippen LogP contribution >= 0.6 is 0 Å². The van der Waals surface area contributed by atoms with Gasteiger partial charge in [0, 0.05) is 18.5 Å². The van der Waals surface area contributed by atoms with Gasteiger partial charge in [0.15, 0.2) is 0 Å². The van der Waals surface area contributed by atoms with Crippen molar-refractivity contribution >= 4 is 0 Å². The smallest absolute Gasteiger partial charge is 0.0687 e. The SMILES string of the molecule is CC(C)C(O)CNCC1(C)COC1. The minimum atomic E-state index is -0.232. The van der Waals surface area contributed by atoms with E-state index in [9.17, 15) is 5.11 Å². The maximum absolute atomic E-state index is 9.52. The monoisotopic (exact) mass is 187 g/mol. The van der Waals surface area contributed by atoms with E-state index in [1.807, 2.05) is 13.8 Å². The molecule has 1 aliphatic heterocycles. The molecule has 0 bridgehead atoms. The molecule has 0 aromatic rings. The molecule has 1 fully saturated rings. The Balaban J connectivity index is 2.06. The van der Waals surface area contributed by atoms with E-state index in [0.717, 1.165) is 19.8 Å². The summed E-state index contributed by atoms with van der Waals surface area (Å²) >= 11 is 0. The van der Waals surface area contributed by atoms with Crippen LogP contribution in [-0.4, -0.2) is 37.5 Å². The Hall–Kier alpha value is -0.120. The number of hydrogen-bond donors (Lipinski definition) is 2. The Kier molecular flexibility index (Phi) is 3.71. The van der Waals surface area contributed by atoms with Gasteiger partial charge in [0.25, 0.3) is 0 Å². The molecule has 0 saturated carbocycles. The van der Waals surface area contributed by atoms with Crippen LogP contribution in [0.15, 0.2) is 0 Å². The fraction of sp³-hybridized carbons (Fsp3) is 1.00. The third kappa shape index (κ3) is 3.25. The molecule has 1 unspecified atom stereocenters. The lowest BCUT2D eigenvalue weighted by molar-refractivity contribution is -0.0998. The van der Waals surface area contributed by atoms with Crippen molar-refractivity contribution in [2.75, 3.05) is 26.3 Å². The normalized spacial score (nSPS) is 22.8. The van der Waals surface area contributed by atoms with Crippen LogP contribution in [0.5, 0.6) is 0 Å². The van der Waals surface area contributed by atoms with Crippen LogP contribution in [0.2, 0.25) is 0 Å². The molecule has 1 rings (SSSR count). The summed E-state index contributed by atoms with van der Waals surface area (Å²) in [6.45, 7) is 9.58. The molecule has 0 spiro atoms. The second-order valence-electron chi connectivity index (χ2n) is 4.75. The molecule has 13 heavy (non-hydrogen) atoms. The molecule has 0 amide bonds. The van der Waals surface area contributed by atoms with Crippen LogP contribution in [0.4, 0.5) is 0 Å². The standard InChI is InChI=1S/C10H21NO2/c1-8(2)9(12)4-11-5-10(3)6-13-7-10/h8-9,11-12H,4-7H2,1-3H3. The van der Waals surface area contributed by atoms with Gasteiger partial charge in [-0.05, 0) is 5.92 Å². The number of rotatable bonds is 5. The van der Waals surface area contributed by atoms with Crippen LogP contribution < -0.4 is 5.32 Å². The van der Waals surface area contributed by atoms with Gasteiger partial charge in [-0.2, -0.15) is 0 Å². The molecular formula is C10H21NO2. The third-order valence-corrected chi connectivity index (χ3v) is 2.58. The fourth-order valence-corrected chi connectivity index (χ4v) is 1.31. The first-order valence-electron chi connectivity index (χ1n) is 5.00. The number of nitrogens with one attached hydrogen (secondary N) is 1. The summed E-state index contributed by atoms with van der Waals surface area (Å²) in [5, 5.41) is 12.8. The zero-order valence-electron chi connectivity index (χ0n) is 8.84. The third-order valence-electron chi connectivity index (χ3n) is 2.58. The molecule has 1 atom stereocenters. The second kappa shape index (κ2) is 4.40. The van der Waals surface area contributed by atoms with Crippen molar-refractivity contribution < 1.29 is 9.84 Å². The lowest BCUT2D eigenvalue weighted by Gasteiger charge is -2.38. The van der Waals surface area contributed by atoms with E-state index < -0.39 is 0 Å². The largest absolute Gasteiger partial charge is 0.392 e. The number of hydrogen-bond acceptors (Lipinski definition) is 3. The average Bonchev–Trinajstić information content (AvgIpc) is 2.01. The number of ether oxygens (including phenoxy) is 1. The van der Waals surface area contributed by atoms with Gasteiger partial charge in [0.1, 0.15) is 0 Å². The Morgan fingerprint density at radius 2 is 2.08 bits per heavy atom. The van der Waals surface area contributed by atoms with Crippen LogP contribution in [0.3, 0.4) is 0 Å². The first-order valence-corrected chi connectivity index (χ1v) is 5.00. The molecule has 0 aliphatic carbocycles. The minimum Gasteiger partial charge on any atom is -0.392 e. The van der Waals surface area contributed by atoms with Crippen molar-refractivity contribution in [2.45, 2.75) is 26.9 Å². The van der Waals surface area contributed by atoms with Crippen molar-refractivity contribution in [1.29, 1.82) is 0 Å². The van der Waals surface area contributed by atoms with E-state index in [-0.39, 0.29) is 6.10 Å². The molecule has 3 heteroatoms. The lowest BCUT2D eigenvalue weighted by Crippen LogP contribution is -2.48. The highest BCUT2D eigenvalue weighted by molar-refractivity contribution is 4.83. The van der Waals surface area contributed by atoms with Crippen molar-refractivity contribution in [3.8, 4) is 0 Å². The molecule has 1 aliphatic rings. The van der Waals surface area contributed by atoms with Crippen LogP contribution in [0.1, 0.15) is 20.8 Å². The summed E-state index contributed by atoms with van der Waals surface area (Å²) in [5.74, 6) is 0.331. The molecule has 2 N–H and O–H groups in total. The van der Waals surface area contributed by atoms with E-state index in [0.29, 0.717) is 17.9 Å². The maximum Gasteiger partial charge on any atom is 0.0687 e. The highest BCUT2D eigenvalue weighted by atomic mass is 16.5. The highest BCUT2D eigenvalue weighted by Crippen LogP contribution is 2.24. The van der Waals surface area contributed by atoms with Crippen molar-refractivity contribution in [2.24, 2.45) is 11.3 Å². The summed E-state index contributed by atoms with van der Waals surface area (Å²) in [4.78, 5) is 0. The number of aliphatic hydroxyl groups is 1. The van der Waals surface area contributed by atoms with E-state index in [1.54, 1.807) is 0 Å². The fourth-order valence-electron chi connectivity index (χ4n) is 1.31. The molecular weight excluding hydrogens is 166 g/mol. The zero-order valence-corrected chi connectivity index (χ0v) is 8.84. The Bertz CT molecular complexity index is 155. The summed E-state index contributed by atoms with van der Waals surface area (Å²) in [6.07, 6.45) is -0.232. The van der Waals surface area contributed by atoms with Gasteiger partial charge in [-0.3, -0.25) is 0 Å². The van der Waals surface area contributed by atoms with Gasteiger partial charge in [0.2, 0.25) is 0 Å². The van der Waals surface area contributed by atoms with Gasteiger partial charge in [-0.25, -0.2) is 0 Å². The topological polar surface area (TPSA) is 41.5 Å². The predicted octanol–water partition coefficient (Wildman–Crippen LogP) is 0.629. The van der Waals surface area contributed by atoms with E-state index in [1.165, 1.54) is 0 Å². The maximum atomic E-state index is 9.52. The van der Waals surface area contributed by atoms with Crippen molar-refractivity contribution in [3.05, 3.63) is 0 Å². The predicted molar refractivity (Wildman–Crippen MR) is 52.6 cm³/mol. The van der Waals surface area contributed by atoms with Gasteiger partial charge in [-0.15, -0.1) is 0 Å². The van der Waals surface area contributed by atoms with Crippen LogP contribution in [0.25, 0.3) is 0 Å². The first kappa shape index (κ1) is 11.0. The average molecular weight is 187 g/mol. The highest BCUT2D eigenvalue weighted by Gasteiger charge is 2.32. The molecule has 1 heterocycles. The summed E-state index contributed by atoms with van der Waals surface area (Å²) in [6, 6.07) is 0. The lowest BCUT2D eigenvalue weighted by atomic mass is 9.88. The minimum absolute atomic E-state index is 0.232. The van der Waals surface area contributed by atoms with Crippen LogP contribution in [-0.2, 0) is 4.74 Å². The van der Waals surface area contributed by atoms with Gasteiger partial charge >= 0.3 is 0 Å². The van der Waals surface area contributed by atoms with Crippen LogP contribution in [0, 0.1) is 11.3 Å². The second-order valence-corrected chi connectivity index (χ2v) is 4.75. The zero-order chi connectivity index (χ0) is 9.90. The summed E-state index contributed by atoms with van der Waals surface area (Å²) in [7, 11) is 0. The van der Waals surface area contributed by atoms with Crippen molar-refractivity contribution in [1.82, 2.24) is 5.32 Å². The van der Waals surface area contributed by atoms with Gasteiger partial charge in [0.05, 0.1) is 19.3 Å². The first-order chi connectivity index (χ1) is 6.03. The quantitative estimate of drug-likeness (QED) is 0.663. The van der Waals surface area contributed by atoms with E-state index in [2.05, 4.69) is 12.2 Å². The Morgan fingerprint density at radius 3 is 2.46 bits per heavy atom. The molecule has 0 aromatic heterocycles. The van der Waals surface area contributed by atoms with E-state index >= 15 is 0 Å². The van der Waals surface area contributed by atoms with Crippen molar-refractivity contribution in [3.63, 3.8) is 0 Å². The molecule has 0 radical (unpaired) electrons. The van der Waals surface area contributed by atoms with Gasteiger partial charge < -0.3 is 15.2 Å². The Labute approximate surface area is 80.5 Å². The summed E-state index contributed by atoms with van der Waals surface area (Å²) < 4.78 is 5.14. The molecule has 0 aromatic carbocycles. The molecule has 1 saturated heterocycles. The van der Waals surface area contributed by atoms with E-state index in [4.69, 9.17) is 4.74 Å². The Morgan fingerprint density at radius 1 is 1.46 bits per heavy atom. The summed E-state index contributed by atoms with van der Waals surface area (Å²) in [5.41, 5.74) is 0.302. The molecule has 78 valence electrons. The number of aliphatic hydroxyl groups excluding tert-OH is 1.